The van der Waals surface area contributed by atoms with Crippen molar-refractivity contribution in [3.63, 3.8) is 0 Å². The number of benzene rings is 4. The third-order valence-corrected chi connectivity index (χ3v) is 19.7. The van der Waals surface area contributed by atoms with Gasteiger partial charge in [-0.15, -0.1) is 5.06 Å². The third-order valence-electron chi connectivity index (χ3n) is 15.5. The first-order valence-electron chi connectivity index (χ1n) is 26.8. The van der Waals surface area contributed by atoms with E-state index in [2.05, 4.69) is 0 Å². The summed E-state index contributed by atoms with van der Waals surface area (Å²) >= 11 is 0. The maximum Gasteiger partial charge on any atom is 0.333 e. The summed E-state index contributed by atoms with van der Waals surface area (Å²) in [5, 5.41) is 11.9. The number of ketones is 1. The van der Waals surface area contributed by atoms with Gasteiger partial charge in [-0.1, -0.05) is 6.07 Å². The molecule has 1 fully saturated rings. The highest BCUT2D eigenvalue weighted by Crippen LogP contribution is 2.55. The van der Waals surface area contributed by atoms with Crippen molar-refractivity contribution in [3.8, 4) is 0 Å². The number of carbonyl (C=O) groups is 4. The van der Waals surface area contributed by atoms with Gasteiger partial charge in [0.1, 0.15) is 22.1 Å². The zero-order chi connectivity index (χ0) is 64.0. The Morgan fingerprint density at radius 1 is 0.644 bits per heavy atom. The van der Waals surface area contributed by atoms with E-state index in [1.807, 2.05) is 0 Å². The molecule has 0 aromatic heterocycles. The number of ether oxygens (including phenoxy) is 4. The number of aliphatic hydroxyl groups is 1. The lowest BCUT2D eigenvalue weighted by molar-refractivity contribution is -0.433. The molecule has 1 aliphatic carbocycles. The molecule has 2 unspecified atom stereocenters. The van der Waals surface area contributed by atoms with Crippen LogP contribution in [-0.2, 0) is 104 Å². The molecule has 2 amide bonds. The van der Waals surface area contributed by atoms with E-state index in [9.17, 15) is 89.1 Å². The van der Waals surface area contributed by atoms with Gasteiger partial charge in [0.05, 0.1) is 71.7 Å². The van der Waals surface area contributed by atoms with Gasteiger partial charge < -0.3 is 33.8 Å². The maximum absolute atomic E-state index is 14.9. The first kappa shape index (κ1) is 66.5. The molecule has 4 aliphatic rings. The number of imide groups is 1. The number of hydrogen-bond donors (Lipinski definition) is 6. The topological polar surface area (TPSA) is 416 Å². The number of Topliss-reactive ketones (excluding diaryl/α,β-unsaturated/α-hetero) is 1. The number of nitrogens with zero attached hydrogens (tertiary/aromatic N) is 3. The van der Waals surface area contributed by atoms with E-state index in [0.29, 0.717) is 30.4 Å². The smallest absolute Gasteiger partial charge is 0.333 e. The lowest BCUT2D eigenvalue weighted by Crippen LogP contribution is -2.35. The Hall–Kier alpha value is -6.44. The Morgan fingerprint density at radius 2 is 1.17 bits per heavy atom. The van der Waals surface area contributed by atoms with Gasteiger partial charge in [0.2, 0.25) is 11.5 Å². The largest absolute Gasteiger partial charge is 0.506 e. The van der Waals surface area contributed by atoms with Gasteiger partial charge in [0.25, 0.3) is 62.4 Å². The van der Waals surface area contributed by atoms with Gasteiger partial charge in [0, 0.05) is 84.8 Å². The number of amides is 2. The van der Waals surface area contributed by atoms with Crippen molar-refractivity contribution in [1.82, 2.24) is 5.06 Å². The molecule has 0 radical (unpaired) electrons. The second-order valence-electron chi connectivity index (χ2n) is 21.1. The van der Waals surface area contributed by atoms with E-state index >= 15 is 0 Å². The minimum Gasteiger partial charge on any atom is -0.506 e. The lowest BCUT2D eigenvalue weighted by Gasteiger charge is -2.32. The summed E-state index contributed by atoms with van der Waals surface area (Å²) in [6.07, 6.45) is 0.994. The number of aliphatic hydroxyl groups excluding tert-OH is 1. The first-order chi connectivity index (χ1) is 40.6. The maximum atomic E-state index is 14.9. The fourth-order valence-electron chi connectivity index (χ4n) is 11.5. The van der Waals surface area contributed by atoms with Crippen molar-refractivity contribution in [2.45, 2.75) is 96.1 Å². The molecule has 472 valence electrons. The molecule has 2 atom stereocenters. The minimum absolute atomic E-state index is 0.00718. The molecule has 0 saturated carbocycles. The highest BCUT2D eigenvalue weighted by molar-refractivity contribution is 7.87. The Balaban J connectivity index is 1.29. The summed E-state index contributed by atoms with van der Waals surface area (Å²) in [6, 6.07) is 8.41. The third kappa shape index (κ3) is 13.8. The molecule has 4 aromatic rings. The molecular weight excluding hydrogens is 1250 g/mol. The van der Waals surface area contributed by atoms with Crippen LogP contribution in [0, 0.1) is 0 Å². The number of hydrogen-bond acceptors (Lipinski definition) is 21. The summed E-state index contributed by atoms with van der Waals surface area (Å²) in [4.78, 5) is 55.8. The van der Waals surface area contributed by atoms with E-state index in [-0.39, 0.29) is 151 Å². The van der Waals surface area contributed by atoms with Crippen LogP contribution in [0.2, 0.25) is 0 Å². The molecule has 4 aromatic carbocycles. The first-order valence-corrected chi connectivity index (χ1v) is 34.1. The van der Waals surface area contributed by atoms with Crippen LogP contribution in [-0.4, -0.2) is 181 Å². The molecular formula is C54H62N3O25S5+. The van der Waals surface area contributed by atoms with E-state index in [4.69, 9.17) is 23.8 Å². The fourth-order valence-corrected chi connectivity index (χ4v) is 14.7. The van der Waals surface area contributed by atoms with Crippen LogP contribution in [0.5, 0.6) is 0 Å². The van der Waals surface area contributed by atoms with Crippen LogP contribution in [0.3, 0.4) is 0 Å². The predicted molar refractivity (Wildman–Crippen MR) is 307 cm³/mol. The van der Waals surface area contributed by atoms with Crippen LogP contribution in [0.1, 0.15) is 76.8 Å². The van der Waals surface area contributed by atoms with Crippen LogP contribution in [0.4, 0.5) is 11.4 Å². The molecule has 3 aliphatic heterocycles. The summed E-state index contributed by atoms with van der Waals surface area (Å²) in [6.45, 7) is 5.78. The fraction of sp³-hybridized carbons (Fsp3) is 0.426. The monoisotopic (exact) mass is 1310 g/mol. The number of hydroxylamine groups is 2. The number of carbonyl (C=O) groups excluding carboxylic acids is 4. The Morgan fingerprint density at radius 3 is 1.68 bits per heavy atom. The van der Waals surface area contributed by atoms with E-state index in [0.717, 1.165) is 12.1 Å². The molecule has 8 rings (SSSR count). The van der Waals surface area contributed by atoms with Crippen molar-refractivity contribution in [1.29, 1.82) is 0 Å². The zero-order valence-corrected chi connectivity index (χ0v) is 51.2. The summed E-state index contributed by atoms with van der Waals surface area (Å²) in [7, 11) is -24.0. The number of rotatable bonds is 28. The van der Waals surface area contributed by atoms with Crippen molar-refractivity contribution < 1.29 is 117 Å². The average molecular weight is 1310 g/mol. The second kappa shape index (κ2) is 25.2. The Labute approximate surface area is 500 Å². The van der Waals surface area contributed by atoms with Crippen LogP contribution in [0.25, 0.3) is 21.5 Å². The highest BCUT2D eigenvalue weighted by Gasteiger charge is 2.52. The molecule has 0 spiro atoms. The van der Waals surface area contributed by atoms with E-state index in [1.165, 1.54) is 43.5 Å². The molecule has 6 N–H and O–H groups in total. The van der Waals surface area contributed by atoms with Crippen LogP contribution >= 0.6 is 0 Å². The SMILES string of the molecule is CC[N+]1=C(/C=C2\C(=O)C(/C=C3/N(CCCC(=O)ON4C(=O)CCC4=O)c4ccc5c(S(=O)(=O)O)cc(S(=O)(=O)O)cc5c4C3(C)CCOCCOCCOCCOC)=C2O)C(C)(CCCS(=O)(=O)O)c2c1ccc1c(S(=O)(=O)O)cc(S(=O)(=O)O)cc21. The number of allylic oxidation sites excluding steroid dienone is 5. The normalized spacial score (nSPS) is 20.3. The van der Waals surface area contributed by atoms with Gasteiger partial charge in [-0.3, -0.25) is 37.1 Å². The standard InChI is InChI=1S/C54H61N3O25S5/c1-5-55-40-11-9-34-36(26-32(84(66,67)68)28-42(34)86(72,73)74)49(40)53(2,15-7-25-83(63,64)65)44(55)30-38-51(61)39(52(38)62)31-45-54(3,16-18-79-21-22-81-24-23-80-20-19-78-4)50-37-27-33(85(69,70)71)29-43(87(75,76)77)35(37)10-12-41(50)56(45)17-6-8-48(60)82-57-46(58)13-14-47(57)59/h9-12,26-31H,5-8,13-25H2,1-4H3,(H5-,61,62,63,64,65,66,67,68,69,70,71,72,73,74,75,76,77)/p+1. The van der Waals surface area contributed by atoms with Crippen molar-refractivity contribution in [2.75, 3.05) is 77.1 Å². The van der Waals surface area contributed by atoms with Gasteiger partial charge in [-0.05, 0) is 105 Å². The predicted octanol–water partition coefficient (Wildman–Crippen LogP) is 4.48. The Kier molecular flexibility index (Phi) is 19.3. The average Bonchev–Trinajstić information content (AvgIpc) is 1.60. The van der Waals surface area contributed by atoms with Crippen molar-refractivity contribution in [2.24, 2.45) is 0 Å². The number of methoxy groups -OCH3 is 1. The van der Waals surface area contributed by atoms with E-state index < -0.39 is 123 Å². The lowest BCUT2D eigenvalue weighted by atomic mass is 9.72. The van der Waals surface area contributed by atoms with Crippen molar-refractivity contribution in [3.05, 3.63) is 94.4 Å². The van der Waals surface area contributed by atoms with E-state index in [1.54, 1.807) is 30.2 Å². The van der Waals surface area contributed by atoms with Gasteiger partial charge >= 0.3 is 5.97 Å². The second-order valence-corrected chi connectivity index (χ2v) is 28.3. The van der Waals surface area contributed by atoms with Gasteiger partial charge in [0.15, 0.2) is 5.71 Å². The zero-order valence-electron chi connectivity index (χ0n) is 47.1. The van der Waals surface area contributed by atoms with Crippen LogP contribution in [0.15, 0.2) is 103 Å². The number of fused-ring (bicyclic) bond motifs is 6. The van der Waals surface area contributed by atoms with Crippen molar-refractivity contribution >= 4 is 113 Å². The molecule has 3 heterocycles. The van der Waals surface area contributed by atoms with Gasteiger partial charge in [-0.2, -0.15) is 46.7 Å². The quantitative estimate of drug-likeness (QED) is 0.0150. The molecule has 28 nitrogen and oxygen atoms in total. The molecule has 1 saturated heterocycles. The van der Waals surface area contributed by atoms with Gasteiger partial charge in [-0.25, -0.2) is 4.79 Å². The summed E-state index contributed by atoms with van der Waals surface area (Å²) < 4.78 is 202. The molecule has 87 heavy (non-hydrogen) atoms. The molecule has 33 heteroatoms. The summed E-state index contributed by atoms with van der Waals surface area (Å²) in [5.74, 6) is -4.77. The van der Waals surface area contributed by atoms with Crippen LogP contribution < -0.4 is 4.90 Å². The highest BCUT2D eigenvalue weighted by atomic mass is 32.2. The Bertz CT molecular complexity index is 4260. The minimum atomic E-state index is -5.25. The summed E-state index contributed by atoms with van der Waals surface area (Å²) in [5.41, 5.74) is -2.80. The molecule has 0 bridgehead atoms. The number of anilines is 1.